The molecule has 2 aliphatic rings. The van der Waals surface area contributed by atoms with Crippen LogP contribution in [-0.2, 0) is 4.74 Å². The molecule has 2 atom stereocenters. The number of nitrogens with zero attached hydrogens (tertiary/aromatic N) is 5. The van der Waals surface area contributed by atoms with Crippen LogP contribution in [0.15, 0.2) is 30.9 Å². The normalized spacial score (nSPS) is 23.9. The van der Waals surface area contributed by atoms with E-state index < -0.39 is 0 Å². The second kappa shape index (κ2) is 6.83. The molecule has 0 unspecified atom stereocenters. The van der Waals surface area contributed by atoms with E-state index in [9.17, 15) is 0 Å². The van der Waals surface area contributed by atoms with Gasteiger partial charge in [0.1, 0.15) is 17.2 Å². The van der Waals surface area contributed by atoms with Gasteiger partial charge in [-0.25, -0.2) is 15.0 Å². The third kappa shape index (κ3) is 2.86. The Morgan fingerprint density at radius 1 is 1.21 bits per heavy atom. The molecule has 5 rings (SSSR count). The number of rotatable bonds is 2. The molecule has 5 heterocycles. The van der Waals surface area contributed by atoms with Crippen LogP contribution in [-0.4, -0.2) is 51.2 Å². The molecule has 152 valence electrons. The van der Waals surface area contributed by atoms with Gasteiger partial charge in [-0.3, -0.25) is 4.40 Å². The molecule has 2 fully saturated rings. The van der Waals surface area contributed by atoms with Crippen molar-refractivity contribution in [3.8, 4) is 11.4 Å². The molecule has 0 aliphatic carbocycles. The van der Waals surface area contributed by atoms with Crippen molar-refractivity contribution >= 4 is 28.8 Å². The standard InChI is InChI=1S/C20H24ClN7O/c1-12-16(22)20(11-29-12)3-7-27(8-4-20)19-14-10-26-18(28(14)9-6-25-19)13-2-5-24-17(23)15(13)21/h2,5-6,9-10,12,16H,3-4,7-8,11,22H2,1H3,(H2,23,24)/t12-,16+/m0/s1. The van der Waals surface area contributed by atoms with Gasteiger partial charge in [0.05, 0.1) is 23.9 Å². The third-order valence-electron chi connectivity index (χ3n) is 6.50. The van der Waals surface area contributed by atoms with E-state index in [0.29, 0.717) is 10.8 Å². The molecular weight excluding hydrogens is 390 g/mol. The van der Waals surface area contributed by atoms with Gasteiger partial charge in [-0.1, -0.05) is 11.6 Å². The van der Waals surface area contributed by atoms with Gasteiger partial charge in [0, 0.05) is 48.7 Å². The number of fused-ring (bicyclic) bond motifs is 1. The summed E-state index contributed by atoms with van der Waals surface area (Å²) in [7, 11) is 0. The predicted octanol–water partition coefficient (Wildman–Crippen LogP) is 2.36. The maximum Gasteiger partial charge on any atom is 0.154 e. The highest BCUT2D eigenvalue weighted by Crippen LogP contribution is 2.42. The van der Waals surface area contributed by atoms with E-state index >= 15 is 0 Å². The molecule has 3 aromatic rings. The number of pyridine rings is 1. The molecule has 2 saturated heterocycles. The largest absolute Gasteiger partial charge is 0.382 e. The van der Waals surface area contributed by atoms with E-state index in [1.54, 1.807) is 12.4 Å². The number of nitrogen functional groups attached to an aromatic ring is 1. The van der Waals surface area contributed by atoms with Crippen molar-refractivity contribution in [3.05, 3.63) is 35.9 Å². The van der Waals surface area contributed by atoms with Crippen LogP contribution < -0.4 is 16.4 Å². The number of nitrogens with two attached hydrogens (primary N) is 2. The average molecular weight is 414 g/mol. The number of imidazole rings is 1. The second-order valence-electron chi connectivity index (χ2n) is 8.04. The van der Waals surface area contributed by atoms with Gasteiger partial charge in [0.2, 0.25) is 0 Å². The third-order valence-corrected chi connectivity index (χ3v) is 6.90. The molecule has 2 aliphatic heterocycles. The smallest absolute Gasteiger partial charge is 0.154 e. The van der Waals surface area contributed by atoms with Crippen molar-refractivity contribution in [3.63, 3.8) is 0 Å². The quantitative estimate of drug-likeness (QED) is 0.663. The minimum absolute atomic E-state index is 0.0779. The van der Waals surface area contributed by atoms with Crippen LogP contribution in [0.1, 0.15) is 19.8 Å². The van der Waals surface area contributed by atoms with Gasteiger partial charge in [-0.2, -0.15) is 0 Å². The van der Waals surface area contributed by atoms with Crippen molar-refractivity contribution in [2.24, 2.45) is 11.1 Å². The number of hydrogen-bond donors (Lipinski definition) is 2. The molecule has 0 saturated carbocycles. The maximum absolute atomic E-state index is 6.46. The monoisotopic (exact) mass is 413 g/mol. The number of anilines is 2. The lowest BCUT2D eigenvalue weighted by Crippen LogP contribution is -2.50. The van der Waals surface area contributed by atoms with E-state index in [1.807, 2.05) is 22.9 Å². The van der Waals surface area contributed by atoms with Gasteiger partial charge in [-0.05, 0) is 25.8 Å². The summed E-state index contributed by atoms with van der Waals surface area (Å²) in [6.07, 6.45) is 9.27. The number of halogens is 1. The molecule has 1 spiro atoms. The number of hydrogen-bond acceptors (Lipinski definition) is 7. The molecule has 4 N–H and O–H groups in total. The molecular formula is C20H24ClN7O. The Bertz CT molecular complexity index is 1060. The first-order valence-electron chi connectivity index (χ1n) is 9.85. The van der Waals surface area contributed by atoms with E-state index in [2.05, 4.69) is 26.8 Å². The first-order valence-corrected chi connectivity index (χ1v) is 10.2. The van der Waals surface area contributed by atoms with Crippen molar-refractivity contribution in [1.29, 1.82) is 0 Å². The Balaban J connectivity index is 1.47. The van der Waals surface area contributed by atoms with Crippen LogP contribution >= 0.6 is 11.6 Å². The van der Waals surface area contributed by atoms with Crippen molar-refractivity contribution in [2.75, 3.05) is 30.3 Å². The number of ether oxygens (including phenoxy) is 1. The predicted molar refractivity (Wildman–Crippen MR) is 113 cm³/mol. The van der Waals surface area contributed by atoms with Crippen molar-refractivity contribution < 1.29 is 4.74 Å². The molecule has 3 aromatic heterocycles. The highest BCUT2D eigenvalue weighted by atomic mass is 35.5. The molecule has 8 nitrogen and oxygen atoms in total. The SMILES string of the molecule is C[C@@H]1OCC2(CCN(c3nccn4c(-c5ccnc(N)c5Cl)ncc34)CC2)[C@@H]1N. The summed E-state index contributed by atoms with van der Waals surface area (Å²) >= 11 is 6.38. The Morgan fingerprint density at radius 3 is 2.72 bits per heavy atom. The zero-order valence-electron chi connectivity index (χ0n) is 16.3. The fourth-order valence-electron chi connectivity index (χ4n) is 4.63. The molecule has 0 amide bonds. The van der Waals surface area contributed by atoms with Gasteiger partial charge >= 0.3 is 0 Å². The summed E-state index contributed by atoms with van der Waals surface area (Å²) in [5.41, 5.74) is 14.1. The Kier molecular flexibility index (Phi) is 4.38. The van der Waals surface area contributed by atoms with Crippen molar-refractivity contribution in [2.45, 2.75) is 31.9 Å². The van der Waals surface area contributed by atoms with E-state index in [-0.39, 0.29) is 17.6 Å². The summed E-state index contributed by atoms with van der Waals surface area (Å²) in [6, 6.07) is 1.91. The van der Waals surface area contributed by atoms with Crippen LogP contribution in [0.3, 0.4) is 0 Å². The first-order chi connectivity index (χ1) is 14.0. The molecule has 0 aromatic carbocycles. The van der Waals surface area contributed by atoms with E-state index in [0.717, 1.165) is 55.3 Å². The highest BCUT2D eigenvalue weighted by molar-refractivity contribution is 6.35. The lowest BCUT2D eigenvalue weighted by atomic mass is 9.73. The maximum atomic E-state index is 6.46. The molecule has 0 radical (unpaired) electrons. The Labute approximate surface area is 173 Å². The van der Waals surface area contributed by atoms with E-state index in [1.165, 1.54) is 0 Å². The van der Waals surface area contributed by atoms with Gasteiger partial charge in [0.25, 0.3) is 0 Å². The Hall–Kier alpha value is -2.42. The Morgan fingerprint density at radius 2 is 2.00 bits per heavy atom. The molecule has 29 heavy (non-hydrogen) atoms. The van der Waals surface area contributed by atoms with Crippen LogP contribution in [0.25, 0.3) is 16.9 Å². The van der Waals surface area contributed by atoms with Gasteiger partial charge < -0.3 is 21.1 Å². The lowest BCUT2D eigenvalue weighted by Gasteiger charge is -2.41. The summed E-state index contributed by atoms with van der Waals surface area (Å²) in [4.78, 5) is 15.6. The minimum atomic E-state index is 0.0779. The fourth-order valence-corrected chi connectivity index (χ4v) is 4.82. The topological polar surface area (TPSA) is 108 Å². The molecule has 0 bridgehead atoms. The lowest BCUT2D eigenvalue weighted by molar-refractivity contribution is 0.0974. The van der Waals surface area contributed by atoms with Gasteiger partial charge in [0.15, 0.2) is 5.82 Å². The van der Waals surface area contributed by atoms with Crippen LogP contribution in [0.5, 0.6) is 0 Å². The highest BCUT2D eigenvalue weighted by Gasteiger charge is 2.47. The summed E-state index contributed by atoms with van der Waals surface area (Å²) in [5, 5.41) is 0.405. The number of piperidine rings is 1. The average Bonchev–Trinajstić information content (AvgIpc) is 3.28. The van der Waals surface area contributed by atoms with E-state index in [4.69, 9.17) is 27.8 Å². The minimum Gasteiger partial charge on any atom is -0.382 e. The van der Waals surface area contributed by atoms with Crippen LogP contribution in [0, 0.1) is 5.41 Å². The first kappa shape index (κ1) is 18.6. The summed E-state index contributed by atoms with van der Waals surface area (Å²) in [6.45, 7) is 4.60. The number of aromatic nitrogens is 4. The van der Waals surface area contributed by atoms with Crippen LogP contribution in [0.2, 0.25) is 5.02 Å². The summed E-state index contributed by atoms with van der Waals surface area (Å²) in [5.74, 6) is 1.93. The fraction of sp³-hybridized carbons (Fsp3) is 0.450. The zero-order chi connectivity index (χ0) is 20.2. The molecule has 9 heteroatoms. The van der Waals surface area contributed by atoms with Crippen molar-refractivity contribution in [1.82, 2.24) is 19.4 Å². The summed E-state index contributed by atoms with van der Waals surface area (Å²) < 4.78 is 7.84. The second-order valence-corrected chi connectivity index (χ2v) is 8.41. The zero-order valence-corrected chi connectivity index (χ0v) is 17.0. The van der Waals surface area contributed by atoms with Crippen LogP contribution in [0.4, 0.5) is 11.6 Å². The van der Waals surface area contributed by atoms with Gasteiger partial charge in [-0.15, -0.1) is 0 Å².